The lowest BCUT2D eigenvalue weighted by Gasteiger charge is -2.07. The Kier molecular flexibility index (Phi) is 2.15. The smallest absolute Gasteiger partial charge is 0.206 e. The van der Waals surface area contributed by atoms with Crippen LogP contribution in [0.2, 0.25) is 0 Å². The van der Waals surface area contributed by atoms with Crippen LogP contribution in [0, 0.1) is 0 Å². The Hall–Kier alpha value is -0.180. The monoisotopic (exact) mass is 110 g/mol. The van der Waals surface area contributed by atoms with E-state index >= 15 is 0 Å². The second-order valence-electron chi connectivity index (χ2n) is 1.58. The predicted molar refractivity (Wildman–Crippen MR) is 22.3 cm³/mol. The van der Waals surface area contributed by atoms with Gasteiger partial charge in [0.05, 0.1) is 6.67 Å². The van der Waals surface area contributed by atoms with Gasteiger partial charge < -0.3 is 5.11 Å². The molecule has 0 amide bonds. The first-order valence-corrected chi connectivity index (χ1v) is 2.03. The highest BCUT2D eigenvalue weighted by atomic mass is 19.2. The van der Waals surface area contributed by atoms with Gasteiger partial charge >= 0.3 is 0 Å². The van der Waals surface area contributed by atoms with Gasteiger partial charge in [-0.25, -0.2) is 4.39 Å². The summed E-state index contributed by atoms with van der Waals surface area (Å²) in [7, 11) is 0. The molecule has 1 N–H and O–H groups in total. The highest BCUT2D eigenvalue weighted by molar-refractivity contribution is 4.53. The zero-order valence-corrected chi connectivity index (χ0v) is 4.12. The molecule has 3 heteroatoms. The third-order valence-electron chi connectivity index (χ3n) is 0.551. The maximum Gasteiger partial charge on any atom is 0.206 e. The Labute approximate surface area is 41.0 Å². The van der Waals surface area contributed by atoms with E-state index in [0.29, 0.717) is 0 Å². The maximum absolute atomic E-state index is 11.7. The molecule has 1 unspecified atom stereocenters. The highest BCUT2D eigenvalue weighted by Gasteiger charge is 2.16. The lowest BCUT2D eigenvalue weighted by atomic mass is 10.3. The summed E-state index contributed by atoms with van der Waals surface area (Å²) in [5.41, 5.74) is 0. The van der Waals surface area contributed by atoms with Crippen molar-refractivity contribution in [1.29, 1.82) is 0 Å². The topological polar surface area (TPSA) is 20.2 Å². The number of hydrogen-bond donors (Lipinski definition) is 1. The minimum atomic E-state index is -2.32. The molecule has 1 atom stereocenters. The van der Waals surface area contributed by atoms with E-state index in [1.54, 1.807) is 0 Å². The van der Waals surface area contributed by atoms with Crippen LogP contribution in [0.15, 0.2) is 0 Å². The molecule has 0 aromatic rings. The number of hydrogen-bond acceptors (Lipinski definition) is 1. The number of aliphatic hydroxyl groups is 1. The molecule has 0 saturated heterocycles. The molecule has 0 heterocycles. The van der Waals surface area contributed by atoms with Gasteiger partial charge in [0.2, 0.25) is 5.85 Å². The fraction of sp³-hybridized carbons (Fsp3) is 1.00. The van der Waals surface area contributed by atoms with Crippen molar-refractivity contribution in [2.75, 3.05) is 6.67 Å². The van der Waals surface area contributed by atoms with Crippen LogP contribution in [0.3, 0.4) is 0 Å². The third-order valence-corrected chi connectivity index (χ3v) is 0.551. The van der Waals surface area contributed by atoms with E-state index in [-0.39, 0.29) is 0 Å². The molecule has 0 aliphatic heterocycles. The van der Waals surface area contributed by atoms with Gasteiger partial charge in [-0.15, -0.1) is 0 Å². The lowest BCUT2D eigenvalue weighted by Crippen LogP contribution is -2.16. The van der Waals surface area contributed by atoms with Crippen molar-refractivity contribution in [3.05, 3.63) is 0 Å². The van der Waals surface area contributed by atoms with E-state index in [9.17, 15) is 8.78 Å². The van der Waals surface area contributed by atoms with Crippen LogP contribution in [-0.2, 0) is 0 Å². The molecule has 0 rings (SSSR count). The minimum Gasteiger partial charge on any atom is -0.362 e. The van der Waals surface area contributed by atoms with E-state index < -0.39 is 19.0 Å². The molecule has 0 fully saturated rings. The molecular formula is C4H8F2O. The minimum absolute atomic E-state index is 0.438. The van der Waals surface area contributed by atoms with Gasteiger partial charge in [-0.2, -0.15) is 0 Å². The molecule has 0 radical (unpaired) electrons. The van der Waals surface area contributed by atoms with Gasteiger partial charge in [-0.05, 0) is 6.92 Å². The van der Waals surface area contributed by atoms with Gasteiger partial charge in [-0.1, -0.05) is 0 Å². The number of halogens is 2. The van der Waals surface area contributed by atoms with Crippen LogP contribution < -0.4 is 0 Å². The second-order valence-corrected chi connectivity index (χ2v) is 1.58. The van der Waals surface area contributed by atoms with Gasteiger partial charge in [0.15, 0.2) is 0 Å². The van der Waals surface area contributed by atoms with Crippen molar-refractivity contribution < 1.29 is 13.9 Å². The zero-order chi connectivity index (χ0) is 5.91. The standard InChI is InChI=1S/C4H8F2O/c1-4(6,7)2-3-5/h7H,2-3H2,1H3. The largest absolute Gasteiger partial charge is 0.362 e. The van der Waals surface area contributed by atoms with Crippen LogP contribution in [0.5, 0.6) is 0 Å². The highest BCUT2D eigenvalue weighted by Crippen LogP contribution is 2.08. The van der Waals surface area contributed by atoms with Crippen LogP contribution in [0.1, 0.15) is 13.3 Å². The lowest BCUT2D eigenvalue weighted by molar-refractivity contribution is -0.0798. The number of rotatable bonds is 2. The first-order chi connectivity index (χ1) is 3.06. The average molecular weight is 110 g/mol. The third kappa shape index (κ3) is 5.82. The summed E-state index contributed by atoms with van der Waals surface area (Å²) in [5, 5.41) is 8.11. The Morgan fingerprint density at radius 1 is 1.71 bits per heavy atom. The summed E-state index contributed by atoms with van der Waals surface area (Å²) in [4.78, 5) is 0. The Morgan fingerprint density at radius 2 is 2.14 bits per heavy atom. The summed E-state index contributed by atoms with van der Waals surface area (Å²) in [6.45, 7) is 0.107. The SMILES string of the molecule is CC(O)(F)CCF. The molecule has 0 aromatic heterocycles. The van der Waals surface area contributed by atoms with Gasteiger partial charge in [0.1, 0.15) is 0 Å². The van der Waals surface area contributed by atoms with Crippen molar-refractivity contribution in [3.8, 4) is 0 Å². The molecule has 1 nitrogen and oxygen atoms in total. The molecule has 0 bridgehead atoms. The first kappa shape index (κ1) is 6.82. The first-order valence-electron chi connectivity index (χ1n) is 2.03. The van der Waals surface area contributed by atoms with Gasteiger partial charge in [-0.3, -0.25) is 4.39 Å². The second kappa shape index (κ2) is 2.21. The van der Waals surface area contributed by atoms with Crippen molar-refractivity contribution in [1.82, 2.24) is 0 Å². The molecule has 0 aliphatic rings. The van der Waals surface area contributed by atoms with Crippen LogP contribution in [0.4, 0.5) is 8.78 Å². The summed E-state index contributed by atoms with van der Waals surface area (Å²) < 4.78 is 22.8. The summed E-state index contributed by atoms with van der Waals surface area (Å²) in [5.74, 6) is -2.32. The summed E-state index contributed by atoms with van der Waals surface area (Å²) >= 11 is 0. The Morgan fingerprint density at radius 3 is 2.14 bits per heavy atom. The quantitative estimate of drug-likeness (QED) is 0.562. The fourth-order valence-electron chi connectivity index (χ4n) is 0.172. The normalized spacial score (nSPS) is 18.9. The van der Waals surface area contributed by atoms with Crippen LogP contribution in [-0.4, -0.2) is 17.6 Å². The van der Waals surface area contributed by atoms with Crippen LogP contribution >= 0.6 is 0 Å². The van der Waals surface area contributed by atoms with Gasteiger partial charge in [0.25, 0.3) is 0 Å². The predicted octanol–water partition coefficient (Wildman–Crippen LogP) is 1.02. The molecule has 44 valence electrons. The van der Waals surface area contributed by atoms with Crippen LogP contribution in [0.25, 0.3) is 0 Å². The molecule has 0 aliphatic carbocycles. The Bertz CT molecular complexity index is 48.1. The summed E-state index contributed by atoms with van der Waals surface area (Å²) in [6, 6.07) is 0. The zero-order valence-electron chi connectivity index (χ0n) is 4.12. The molecule has 7 heavy (non-hydrogen) atoms. The molecule has 0 aromatic carbocycles. The number of alkyl halides is 2. The van der Waals surface area contributed by atoms with Crippen molar-refractivity contribution in [2.24, 2.45) is 0 Å². The average Bonchev–Trinajstić information content (AvgIpc) is 1.30. The Balaban J connectivity index is 3.15. The van der Waals surface area contributed by atoms with E-state index in [1.165, 1.54) is 0 Å². The molecule has 0 spiro atoms. The van der Waals surface area contributed by atoms with E-state index in [1.807, 2.05) is 0 Å². The van der Waals surface area contributed by atoms with E-state index in [0.717, 1.165) is 6.92 Å². The van der Waals surface area contributed by atoms with Crippen molar-refractivity contribution in [2.45, 2.75) is 19.2 Å². The van der Waals surface area contributed by atoms with E-state index in [2.05, 4.69) is 0 Å². The van der Waals surface area contributed by atoms with E-state index in [4.69, 9.17) is 5.11 Å². The summed E-state index contributed by atoms with van der Waals surface area (Å²) in [6.07, 6.45) is -0.438. The molecular weight excluding hydrogens is 102 g/mol. The van der Waals surface area contributed by atoms with Crippen molar-refractivity contribution in [3.63, 3.8) is 0 Å². The van der Waals surface area contributed by atoms with Crippen molar-refractivity contribution >= 4 is 0 Å². The maximum atomic E-state index is 11.7. The molecule has 0 saturated carbocycles. The fourth-order valence-corrected chi connectivity index (χ4v) is 0.172. The van der Waals surface area contributed by atoms with Gasteiger partial charge in [0, 0.05) is 6.42 Å².